The fourth-order valence-electron chi connectivity index (χ4n) is 1.34. The summed E-state index contributed by atoms with van der Waals surface area (Å²) >= 11 is 1.40. The molecule has 0 atom stereocenters. The van der Waals surface area contributed by atoms with Crippen LogP contribution in [0.15, 0.2) is 35.8 Å². The predicted molar refractivity (Wildman–Crippen MR) is 65.3 cm³/mol. The van der Waals surface area contributed by atoms with Crippen molar-refractivity contribution in [3.05, 3.63) is 41.4 Å². The number of nitrogen functional groups attached to an aromatic ring is 1. The van der Waals surface area contributed by atoms with Crippen LogP contribution in [0.2, 0.25) is 0 Å². The molecule has 0 spiro atoms. The molecule has 0 radical (unpaired) electrons. The van der Waals surface area contributed by atoms with Gasteiger partial charge in [0.2, 0.25) is 5.91 Å². The van der Waals surface area contributed by atoms with E-state index in [1.165, 1.54) is 11.3 Å². The van der Waals surface area contributed by atoms with Gasteiger partial charge in [-0.25, -0.2) is 4.98 Å². The third-order valence-corrected chi connectivity index (χ3v) is 2.68. The van der Waals surface area contributed by atoms with Gasteiger partial charge in [0, 0.05) is 17.3 Å². The van der Waals surface area contributed by atoms with E-state index in [0.29, 0.717) is 17.2 Å². The largest absolute Gasteiger partial charge is 0.399 e. The Kier molecular flexibility index (Phi) is 3.16. The number of carbonyl (C=O) groups excluding carboxylic acids is 1. The summed E-state index contributed by atoms with van der Waals surface area (Å²) in [6.07, 6.45) is 1.96. The second-order valence-electron chi connectivity index (χ2n) is 3.31. The lowest BCUT2D eigenvalue weighted by molar-refractivity contribution is -0.115. The lowest BCUT2D eigenvalue weighted by atomic mass is 10.1. The summed E-state index contributed by atoms with van der Waals surface area (Å²) in [7, 11) is 0. The summed E-state index contributed by atoms with van der Waals surface area (Å²) in [6.45, 7) is 0. The van der Waals surface area contributed by atoms with Crippen molar-refractivity contribution in [3.8, 4) is 0 Å². The summed E-state index contributed by atoms with van der Waals surface area (Å²) in [5.74, 6) is -0.0828. The van der Waals surface area contributed by atoms with Crippen molar-refractivity contribution in [2.75, 3.05) is 11.1 Å². The Morgan fingerprint density at radius 3 is 3.06 bits per heavy atom. The molecule has 0 aliphatic carbocycles. The van der Waals surface area contributed by atoms with Gasteiger partial charge in [0.25, 0.3) is 0 Å². The van der Waals surface area contributed by atoms with Crippen molar-refractivity contribution in [2.24, 2.45) is 0 Å². The van der Waals surface area contributed by atoms with Crippen molar-refractivity contribution in [2.45, 2.75) is 6.42 Å². The molecule has 0 fully saturated rings. The summed E-state index contributed by atoms with van der Waals surface area (Å²) in [6, 6.07) is 7.29. The van der Waals surface area contributed by atoms with Gasteiger partial charge in [-0.05, 0) is 17.7 Å². The summed E-state index contributed by atoms with van der Waals surface area (Å²) in [5.41, 5.74) is 7.19. The zero-order chi connectivity index (χ0) is 11.4. The van der Waals surface area contributed by atoms with Crippen LogP contribution in [0.25, 0.3) is 0 Å². The molecule has 82 valence electrons. The van der Waals surface area contributed by atoms with Gasteiger partial charge in [0.05, 0.1) is 6.42 Å². The first kappa shape index (κ1) is 10.6. The van der Waals surface area contributed by atoms with E-state index in [-0.39, 0.29) is 5.91 Å². The van der Waals surface area contributed by atoms with Gasteiger partial charge in [-0.15, -0.1) is 11.3 Å². The highest BCUT2D eigenvalue weighted by molar-refractivity contribution is 7.13. The quantitative estimate of drug-likeness (QED) is 0.796. The van der Waals surface area contributed by atoms with E-state index < -0.39 is 0 Å². The third-order valence-electron chi connectivity index (χ3n) is 1.99. The fourth-order valence-corrected chi connectivity index (χ4v) is 1.88. The zero-order valence-electron chi connectivity index (χ0n) is 8.51. The van der Waals surface area contributed by atoms with Gasteiger partial charge >= 0.3 is 0 Å². The molecule has 0 saturated heterocycles. The van der Waals surface area contributed by atoms with E-state index in [2.05, 4.69) is 10.3 Å². The van der Waals surface area contributed by atoms with Gasteiger partial charge in [0.1, 0.15) is 0 Å². The van der Waals surface area contributed by atoms with Crippen LogP contribution in [-0.4, -0.2) is 10.9 Å². The van der Waals surface area contributed by atoms with Crippen molar-refractivity contribution < 1.29 is 4.79 Å². The molecule has 1 heterocycles. The van der Waals surface area contributed by atoms with Gasteiger partial charge in [0.15, 0.2) is 5.13 Å². The monoisotopic (exact) mass is 233 g/mol. The molecule has 0 aliphatic rings. The summed E-state index contributed by atoms with van der Waals surface area (Å²) in [5, 5.41) is 5.15. The van der Waals surface area contributed by atoms with Crippen LogP contribution < -0.4 is 11.1 Å². The molecule has 16 heavy (non-hydrogen) atoms. The van der Waals surface area contributed by atoms with Crippen LogP contribution in [0.1, 0.15) is 5.56 Å². The van der Waals surface area contributed by atoms with E-state index in [0.717, 1.165) is 5.56 Å². The zero-order valence-corrected chi connectivity index (χ0v) is 9.33. The van der Waals surface area contributed by atoms with E-state index in [4.69, 9.17) is 5.73 Å². The van der Waals surface area contributed by atoms with E-state index >= 15 is 0 Å². The second kappa shape index (κ2) is 4.76. The first-order valence-corrected chi connectivity index (χ1v) is 5.66. The molecule has 0 aliphatic heterocycles. The maximum Gasteiger partial charge on any atom is 0.230 e. The lowest BCUT2D eigenvalue weighted by Crippen LogP contribution is -2.14. The van der Waals surface area contributed by atoms with Gasteiger partial charge in [-0.2, -0.15) is 0 Å². The highest BCUT2D eigenvalue weighted by atomic mass is 32.1. The summed E-state index contributed by atoms with van der Waals surface area (Å²) < 4.78 is 0. The Labute approximate surface area is 97.1 Å². The van der Waals surface area contributed by atoms with E-state index in [9.17, 15) is 4.79 Å². The Balaban J connectivity index is 1.97. The van der Waals surface area contributed by atoms with Crippen molar-refractivity contribution in [1.29, 1.82) is 0 Å². The van der Waals surface area contributed by atoms with Gasteiger partial charge in [-0.3, -0.25) is 4.79 Å². The Morgan fingerprint density at radius 2 is 2.38 bits per heavy atom. The molecule has 1 aromatic heterocycles. The molecule has 0 unspecified atom stereocenters. The first-order chi connectivity index (χ1) is 7.74. The lowest BCUT2D eigenvalue weighted by Gasteiger charge is -2.02. The topological polar surface area (TPSA) is 68.0 Å². The minimum atomic E-state index is -0.0828. The van der Waals surface area contributed by atoms with Crippen LogP contribution in [0.4, 0.5) is 10.8 Å². The Bertz CT molecular complexity index is 482. The SMILES string of the molecule is Nc1cccc(CC(=O)Nc2nccs2)c1. The van der Waals surface area contributed by atoms with Crippen LogP contribution in [0, 0.1) is 0 Å². The summed E-state index contributed by atoms with van der Waals surface area (Å²) in [4.78, 5) is 15.6. The molecule has 0 bridgehead atoms. The molecule has 3 N–H and O–H groups in total. The molecular formula is C11H11N3OS. The number of amides is 1. The average Bonchev–Trinajstić information content (AvgIpc) is 2.70. The number of hydrogen-bond donors (Lipinski definition) is 2. The minimum Gasteiger partial charge on any atom is -0.399 e. The standard InChI is InChI=1S/C11H11N3OS/c12-9-3-1-2-8(6-9)7-10(15)14-11-13-4-5-16-11/h1-6H,7,12H2,(H,13,14,15). The van der Waals surface area contributed by atoms with Crippen molar-refractivity contribution in [1.82, 2.24) is 4.98 Å². The normalized spacial score (nSPS) is 10.0. The highest BCUT2D eigenvalue weighted by Gasteiger charge is 2.05. The minimum absolute atomic E-state index is 0.0828. The molecule has 5 heteroatoms. The smallest absolute Gasteiger partial charge is 0.230 e. The molecule has 1 amide bonds. The third kappa shape index (κ3) is 2.80. The number of thiazole rings is 1. The number of nitrogens with zero attached hydrogens (tertiary/aromatic N) is 1. The van der Waals surface area contributed by atoms with Gasteiger partial charge in [-0.1, -0.05) is 12.1 Å². The number of rotatable bonds is 3. The number of benzene rings is 1. The predicted octanol–water partition coefficient (Wildman–Crippen LogP) is 1.91. The Hall–Kier alpha value is -1.88. The average molecular weight is 233 g/mol. The van der Waals surface area contributed by atoms with Crippen molar-refractivity contribution >= 4 is 28.1 Å². The maximum absolute atomic E-state index is 11.6. The number of carbonyl (C=O) groups is 1. The van der Waals surface area contributed by atoms with E-state index in [1.54, 1.807) is 18.3 Å². The number of nitrogens with two attached hydrogens (primary N) is 1. The molecular weight excluding hydrogens is 222 g/mol. The maximum atomic E-state index is 11.6. The van der Waals surface area contributed by atoms with Gasteiger partial charge < -0.3 is 11.1 Å². The van der Waals surface area contributed by atoms with Crippen LogP contribution in [0.3, 0.4) is 0 Å². The first-order valence-electron chi connectivity index (χ1n) is 4.78. The van der Waals surface area contributed by atoms with Crippen LogP contribution in [0.5, 0.6) is 0 Å². The number of anilines is 2. The number of nitrogens with one attached hydrogen (secondary N) is 1. The van der Waals surface area contributed by atoms with Crippen LogP contribution in [-0.2, 0) is 11.2 Å². The molecule has 0 saturated carbocycles. The fraction of sp³-hybridized carbons (Fsp3) is 0.0909. The molecule has 1 aromatic carbocycles. The van der Waals surface area contributed by atoms with Crippen LogP contribution >= 0.6 is 11.3 Å². The Morgan fingerprint density at radius 1 is 1.50 bits per heavy atom. The number of hydrogen-bond acceptors (Lipinski definition) is 4. The second-order valence-corrected chi connectivity index (χ2v) is 4.20. The molecule has 2 rings (SSSR count). The van der Waals surface area contributed by atoms with Crippen molar-refractivity contribution in [3.63, 3.8) is 0 Å². The molecule has 2 aromatic rings. The molecule has 4 nitrogen and oxygen atoms in total. The number of aromatic nitrogens is 1. The van der Waals surface area contributed by atoms with E-state index in [1.807, 2.05) is 17.5 Å². The highest BCUT2D eigenvalue weighted by Crippen LogP contribution is 2.12.